The lowest BCUT2D eigenvalue weighted by Crippen LogP contribution is -2.02. The van der Waals surface area contributed by atoms with Crippen molar-refractivity contribution in [1.29, 1.82) is 5.26 Å². The summed E-state index contributed by atoms with van der Waals surface area (Å²) in [5.41, 5.74) is 0.103. The first-order valence-electron chi connectivity index (χ1n) is 3.94. The van der Waals surface area contributed by atoms with Crippen LogP contribution < -0.4 is 0 Å². The van der Waals surface area contributed by atoms with Crippen molar-refractivity contribution in [3.63, 3.8) is 0 Å². The Bertz CT molecular complexity index is 213. The van der Waals surface area contributed by atoms with Crippen LogP contribution in [-0.4, -0.2) is 13.1 Å². The number of carbonyl (C=O) groups is 1. The highest BCUT2D eigenvalue weighted by molar-refractivity contribution is 5.92. The van der Waals surface area contributed by atoms with Crippen molar-refractivity contribution in [3.05, 3.63) is 11.6 Å². The Morgan fingerprint density at radius 1 is 1.67 bits per heavy atom. The molecule has 0 aromatic rings. The van der Waals surface area contributed by atoms with Crippen molar-refractivity contribution in [2.24, 2.45) is 0 Å². The molecule has 12 heavy (non-hydrogen) atoms. The van der Waals surface area contributed by atoms with Gasteiger partial charge in [0.05, 0.1) is 7.11 Å². The van der Waals surface area contributed by atoms with Crippen LogP contribution in [0.5, 0.6) is 0 Å². The van der Waals surface area contributed by atoms with Crippen LogP contribution in [0.1, 0.15) is 26.2 Å². The average molecular weight is 167 g/mol. The molecule has 0 aliphatic carbocycles. The van der Waals surface area contributed by atoms with Crippen LogP contribution in [-0.2, 0) is 9.53 Å². The van der Waals surface area contributed by atoms with Gasteiger partial charge >= 0.3 is 5.97 Å². The first-order valence-corrected chi connectivity index (χ1v) is 3.94. The zero-order chi connectivity index (χ0) is 9.40. The highest BCUT2D eigenvalue weighted by atomic mass is 16.5. The third-order valence-corrected chi connectivity index (χ3v) is 1.43. The fourth-order valence-electron chi connectivity index (χ4n) is 0.735. The molecule has 0 saturated heterocycles. The van der Waals surface area contributed by atoms with E-state index in [4.69, 9.17) is 5.26 Å². The molecule has 0 unspecified atom stereocenters. The number of hydrogen-bond acceptors (Lipinski definition) is 3. The number of unbranched alkanes of at least 4 members (excludes halogenated alkanes) is 2. The third-order valence-electron chi connectivity index (χ3n) is 1.43. The smallest absolute Gasteiger partial charge is 0.348 e. The number of hydrogen-bond donors (Lipinski definition) is 0. The standard InChI is InChI=1S/C9H13NO2/c1-3-4-5-6-8(7-10)9(11)12-2/h6H,3-5H2,1-2H3/b8-6+. The van der Waals surface area contributed by atoms with Gasteiger partial charge in [-0.05, 0) is 6.42 Å². The van der Waals surface area contributed by atoms with Crippen molar-refractivity contribution >= 4 is 5.97 Å². The second-order valence-corrected chi connectivity index (χ2v) is 2.36. The summed E-state index contributed by atoms with van der Waals surface area (Å²) in [6.45, 7) is 2.05. The molecule has 0 amide bonds. The molecule has 0 saturated carbocycles. The predicted octanol–water partition coefficient (Wildman–Crippen LogP) is 1.80. The Hall–Kier alpha value is -1.30. The molecule has 0 bridgehead atoms. The molecule has 0 aliphatic heterocycles. The van der Waals surface area contributed by atoms with Gasteiger partial charge in [0.25, 0.3) is 0 Å². The fraction of sp³-hybridized carbons (Fsp3) is 0.556. The second-order valence-electron chi connectivity index (χ2n) is 2.36. The summed E-state index contributed by atoms with van der Waals surface area (Å²) in [7, 11) is 1.27. The van der Waals surface area contributed by atoms with Crippen LogP contribution >= 0.6 is 0 Å². The zero-order valence-electron chi connectivity index (χ0n) is 7.46. The van der Waals surface area contributed by atoms with Crippen molar-refractivity contribution in [3.8, 4) is 6.07 Å². The molecule has 3 heteroatoms. The van der Waals surface area contributed by atoms with E-state index in [9.17, 15) is 4.79 Å². The van der Waals surface area contributed by atoms with Gasteiger partial charge < -0.3 is 4.74 Å². The van der Waals surface area contributed by atoms with Crippen LogP contribution in [0.15, 0.2) is 11.6 Å². The van der Waals surface area contributed by atoms with Crippen molar-refractivity contribution in [2.75, 3.05) is 7.11 Å². The van der Waals surface area contributed by atoms with Crippen LogP contribution in [0.3, 0.4) is 0 Å². The van der Waals surface area contributed by atoms with Gasteiger partial charge in [-0.2, -0.15) is 5.26 Å². The quantitative estimate of drug-likeness (QED) is 0.277. The number of methoxy groups -OCH3 is 1. The summed E-state index contributed by atoms with van der Waals surface area (Å²) in [6.07, 6.45) is 4.42. The number of rotatable bonds is 4. The van der Waals surface area contributed by atoms with Gasteiger partial charge in [-0.1, -0.05) is 25.8 Å². The first-order chi connectivity index (χ1) is 5.76. The minimum absolute atomic E-state index is 0.103. The molecule has 0 spiro atoms. The highest BCUT2D eigenvalue weighted by Crippen LogP contribution is 2.01. The molecule has 0 fully saturated rings. The fourth-order valence-corrected chi connectivity index (χ4v) is 0.735. The molecule has 0 rings (SSSR count). The number of ether oxygens (including phenoxy) is 1. The highest BCUT2D eigenvalue weighted by Gasteiger charge is 2.06. The lowest BCUT2D eigenvalue weighted by atomic mass is 10.2. The van der Waals surface area contributed by atoms with E-state index in [1.165, 1.54) is 7.11 Å². The van der Waals surface area contributed by atoms with Crippen molar-refractivity contribution in [1.82, 2.24) is 0 Å². The summed E-state index contributed by atoms with van der Waals surface area (Å²) in [5, 5.41) is 8.51. The van der Waals surface area contributed by atoms with Gasteiger partial charge in [0.15, 0.2) is 0 Å². The van der Waals surface area contributed by atoms with Gasteiger partial charge in [0.1, 0.15) is 11.6 Å². The second kappa shape index (κ2) is 6.41. The van der Waals surface area contributed by atoms with Gasteiger partial charge in [0, 0.05) is 0 Å². The average Bonchev–Trinajstić information content (AvgIpc) is 2.11. The number of nitriles is 1. The van der Waals surface area contributed by atoms with E-state index in [0.717, 1.165) is 19.3 Å². The van der Waals surface area contributed by atoms with E-state index in [2.05, 4.69) is 11.7 Å². The SMILES string of the molecule is CCCC/C=C(\C#N)C(=O)OC. The van der Waals surface area contributed by atoms with Crippen LogP contribution in [0.25, 0.3) is 0 Å². The topological polar surface area (TPSA) is 50.1 Å². The summed E-state index contributed by atoms with van der Waals surface area (Å²) in [5.74, 6) is -0.548. The monoisotopic (exact) mass is 167 g/mol. The maximum Gasteiger partial charge on any atom is 0.348 e. The molecule has 66 valence electrons. The first kappa shape index (κ1) is 10.7. The van der Waals surface area contributed by atoms with Gasteiger partial charge in [-0.3, -0.25) is 0 Å². The number of carbonyl (C=O) groups excluding carboxylic acids is 1. The Morgan fingerprint density at radius 3 is 2.75 bits per heavy atom. The van der Waals surface area contributed by atoms with Gasteiger partial charge in [0.2, 0.25) is 0 Å². The molecule has 0 aromatic carbocycles. The van der Waals surface area contributed by atoms with E-state index >= 15 is 0 Å². The van der Waals surface area contributed by atoms with E-state index in [-0.39, 0.29) is 5.57 Å². The number of esters is 1. The Balaban J connectivity index is 4.07. The van der Waals surface area contributed by atoms with Gasteiger partial charge in [-0.25, -0.2) is 4.79 Å². The minimum Gasteiger partial charge on any atom is -0.465 e. The predicted molar refractivity (Wildman–Crippen MR) is 45.2 cm³/mol. The summed E-state index contributed by atoms with van der Waals surface area (Å²) in [6, 6.07) is 1.80. The Kier molecular flexibility index (Phi) is 5.72. The lowest BCUT2D eigenvalue weighted by molar-refractivity contribution is -0.135. The maximum absolute atomic E-state index is 10.8. The number of nitrogens with zero attached hydrogens (tertiary/aromatic N) is 1. The van der Waals surface area contributed by atoms with E-state index in [1.54, 1.807) is 12.1 Å². The summed E-state index contributed by atoms with van der Waals surface area (Å²) in [4.78, 5) is 10.8. The molecular weight excluding hydrogens is 154 g/mol. The summed E-state index contributed by atoms with van der Waals surface area (Å²) >= 11 is 0. The normalized spacial score (nSPS) is 10.6. The van der Waals surface area contributed by atoms with Gasteiger partial charge in [-0.15, -0.1) is 0 Å². The van der Waals surface area contributed by atoms with Crippen LogP contribution in [0.2, 0.25) is 0 Å². The minimum atomic E-state index is -0.548. The molecule has 0 aromatic heterocycles. The Labute approximate surface area is 72.6 Å². The molecule has 0 aliphatic rings. The zero-order valence-corrected chi connectivity index (χ0v) is 7.46. The van der Waals surface area contributed by atoms with E-state index in [1.807, 2.05) is 0 Å². The van der Waals surface area contributed by atoms with E-state index in [0.29, 0.717) is 0 Å². The number of allylic oxidation sites excluding steroid dienone is 1. The largest absolute Gasteiger partial charge is 0.465 e. The molecule has 3 nitrogen and oxygen atoms in total. The molecule has 0 N–H and O–H groups in total. The maximum atomic E-state index is 10.8. The molecule has 0 atom stereocenters. The molecule has 0 heterocycles. The lowest BCUT2D eigenvalue weighted by Gasteiger charge is -1.95. The van der Waals surface area contributed by atoms with Crippen LogP contribution in [0, 0.1) is 11.3 Å². The van der Waals surface area contributed by atoms with Crippen molar-refractivity contribution in [2.45, 2.75) is 26.2 Å². The van der Waals surface area contributed by atoms with E-state index < -0.39 is 5.97 Å². The third kappa shape index (κ3) is 3.77. The molecule has 0 radical (unpaired) electrons. The Morgan fingerprint density at radius 2 is 2.33 bits per heavy atom. The molecular formula is C9H13NO2. The van der Waals surface area contributed by atoms with Crippen LogP contribution in [0.4, 0.5) is 0 Å². The summed E-state index contributed by atoms with van der Waals surface area (Å²) < 4.78 is 4.40. The van der Waals surface area contributed by atoms with Crippen molar-refractivity contribution < 1.29 is 9.53 Å².